The molecule has 0 atom stereocenters. The first-order valence-electron chi connectivity index (χ1n) is 5.76. The van der Waals surface area contributed by atoms with Gasteiger partial charge < -0.3 is 10.1 Å². The Morgan fingerprint density at radius 1 is 1.41 bits per heavy atom. The van der Waals surface area contributed by atoms with Crippen molar-refractivity contribution in [3.63, 3.8) is 0 Å². The number of fused-ring (bicyclic) bond motifs is 1. The normalized spacial score (nSPS) is 16.1. The van der Waals surface area contributed by atoms with Crippen molar-refractivity contribution in [1.82, 2.24) is 5.32 Å². The van der Waals surface area contributed by atoms with Crippen LogP contribution < -0.4 is 10.1 Å². The van der Waals surface area contributed by atoms with E-state index in [1.807, 2.05) is 0 Å². The van der Waals surface area contributed by atoms with Gasteiger partial charge in [-0.1, -0.05) is 32.4 Å². The third-order valence-electron chi connectivity index (χ3n) is 2.91. The van der Waals surface area contributed by atoms with Crippen LogP contribution in [0.25, 0.3) is 0 Å². The van der Waals surface area contributed by atoms with E-state index in [-0.39, 0.29) is 10.4 Å². The maximum Gasteiger partial charge on any atom is 0.183 e. The second-order valence-electron chi connectivity index (χ2n) is 5.30. The Labute approximate surface area is 106 Å². The fourth-order valence-corrected chi connectivity index (χ4v) is 2.27. The van der Waals surface area contributed by atoms with Crippen LogP contribution in [0.15, 0.2) is 6.07 Å². The lowest BCUT2D eigenvalue weighted by Gasteiger charge is -2.24. The minimum Gasteiger partial charge on any atom is -0.489 e. The highest BCUT2D eigenvalue weighted by molar-refractivity contribution is 6.31. The number of nitrogens with one attached hydrogen (secondary N) is 1. The number of hydrogen-bond acceptors (Lipinski definition) is 2. The molecule has 1 aliphatic heterocycles. The van der Waals surface area contributed by atoms with Gasteiger partial charge in [-0.05, 0) is 17.0 Å². The van der Waals surface area contributed by atoms with E-state index in [0.29, 0.717) is 18.9 Å². The van der Waals surface area contributed by atoms with Gasteiger partial charge in [-0.3, -0.25) is 0 Å². The Kier molecular flexibility index (Phi) is 3.32. The van der Waals surface area contributed by atoms with Gasteiger partial charge in [0.1, 0.15) is 6.61 Å². The molecule has 2 rings (SSSR count). The SMILES string of the molecule is CC(C)(C)c1cc(Cl)c(F)c2c1CNCCO2. The highest BCUT2D eigenvalue weighted by Crippen LogP contribution is 2.38. The van der Waals surface area contributed by atoms with Crippen molar-refractivity contribution in [2.75, 3.05) is 13.2 Å². The molecule has 2 nitrogen and oxygen atoms in total. The summed E-state index contributed by atoms with van der Waals surface area (Å²) in [6.45, 7) is 8.06. The van der Waals surface area contributed by atoms with Crippen molar-refractivity contribution in [2.45, 2.75) is 32.7 Å². The molecule has 4 heteroatoms. The molecule has 0 spiro atoms. The van der Waals surface area contributed by atoms with E-state index < -0.39 is 5.82 Å². The van der Waals surface area contributed by atoms with E-state index in [0.717, 1.165) is 17.7 Å². The summed E-state index contributed by atoms with van der Waals surface area (Å²) in [4.78, 5) is 0. The summed E-state index contributed by atoms with van der Waals surface area (Å²) in [7, 11) is 0. The molecule has 0 saturated carbocycles. The predicted octanol–water partition coefficient (Wildman–Crippen LogP) is 3.26. The monoisotopic (exact) mass is 257 g/mol. The quantitative estimate of drug-likeness (QED) is 0.770. The highest BCUT2D eigenvalue weighted by Gasteiger charge is 2.26. The van der Waals surface area contributed by atoms with E-state index in [2.05, 4.69) is 26.1 Å². The summed E-state index contributed by atoms with van der Waals surface area (Å²) in [5.74, 6) is -0.134. The lowest BCUT2D eigenvalue weighted by molar-refractivity contribution is 0.309. The van der Waals surface area contributed by atoms with Gasteiger partial charge in [-0.25, -0.2) is 4.39 Å². The second kappa shape index (κ2) is 4.46. The van der Waals surface area contributed by atoms with Crippen LogP contribution in [0.2, 0.25) is 5.02 Å². The van der Waals surface area contributed by atoms with Gasteiger partial charge in [0.15, 0.2) is 11.6 Å². The van der Waals surface area contributed by atoms with Gasteiger partial charge in [0.25, 0.3) is 0 Å². The summed E-state index contributed by atoms with van der Waals surface area (Å²) in [5.41, 5.74) is 1.83. The van der Waals surface area contributed by atoms with Gasteiger partial charge >= 0.3 is 0 Å². The van der Waals surface area contributed by atoms with Gasteiger partial charge in [0, 0.05) is 18.7 Å². The molecule has 0 aromatic heterocycles. The van der Waals surface area contributed by atoms with Gasteiger partial charge in [0.05, 0.1) is 5.02 Å². The Balaban J connectivity index is 2.65. The van der Waals surface area contributed by atoms with Crippen LogP contribution in [0, 0.1) is 5.82 Å². The molecule has 1 N–H and O–H groups in total. The smallest absolute Gasteiger partial charge is 0.183 e. The molecule has 1 aromatic carbocycles. The van der Waals surface area contributed by atoms with Gasteiger partial charge in [-0.15, -0.1) is 0 Å². The molecule has 0 fully saturated rings. The summed E-state index contributed by atoms with van der Waals surface area (Å²) in [5, 5.41) is 3.36. The number of benzene rings is 1. The Bertz CT molecular complexity index is 440. The number of ether oxygens (including phenoxy) is 1. The maximum atomic E-state index is 13.9. The first-order chi connectivity index (χ1) is 7.91. The lowest BCUT2D eigenvalue weighted by Crippen LogP contribution is -2.19. The first kappa shape index (κ1) is 12.7. The summed E-state index contributed by atoms with van der Waals surface area (Å²) >= 11 is 5.93. The zero-order chi connectivity index (χ0) is 12.6. The highest BCUT2D eigenvalue weighted by atomic mass is 35.5. The van der Waals surface area contributed by atoms with E-state index in [4.69, 9.17) is 16.3 Å². The van der Waals surface area contributed by atoms with Crippen LogP contribution in [0.1, 0.15) is 31.9 Å². The maximum absolute atomic E-state index is 13.9. The fourth-order valence-electron chi connectivity index (χ4n) is 2.07. The van der Waals surface area contributed by atoms with Crippen LogP contribution in [-0.4, -0.2) is 13.2 Å². The average Bonchev–Trinajstić information content (AvgIpc) is 2.47. The minimum absolute atomic E-state index is 0.0865. The van der Waals surface area contributed by atoms with Crippen molar-refractivity contribution in [3.8, 4) is 5.75 Å². The van der Waals surface area contributed by atoms with Crippen molar-refractivity contribution in [3.05, 3.63) is 28.0 Å². The molecule has 0 amide bonds. The molecular formula is C13H17ClFNO. The first-order valence-corrected chi connectivity index (χ1v) is 6.14. The molecule has 0 unspecified atom stereocenters. The van der Waals surface area contributed by atoms with Crippen LogP contribution in [0.4, 0.5) is 4.39 Å². The number of hydrogen-bond donors (Lipinski definition) is 1. The van der Waals surface area contributed by atoms with Crippen LogP contribution in [0.5, 0.6) is 5.75 Å². The molecule has 0 bridgehead atoms. The summed E-state index contributed by atoms with van der Waals surface area (Å²) < 4.78 is 19.4. The second-order valence-corrected chi connectivity index (χ2v) is 5.71. The van der Waals surface area contributed by atoms with Crippen molar-refractivity contribution in [1.29, 1.82) is 0 Å². The molecule has 0 radical (unpaired) electrons. The van der Waals surface area contributed by atoms with Crippen LogP contribution in [0.3, 0.4) is 0 Å². The molecule has 0 aliphatic carbocycles. The van der Waals surface area contributed by atoms with E-state index >= 15 is 0 Å². The summed E-state index contributed by atoms with van der Waals surface area (Å²) in [6.07, 6.45) is 0. The molecule has 1 aliphatic rings. The minimum atomic E-state index is -0.446. The standard InChI is InChI=1S/C13H17ClFNO/c1-13(2,3)9-6-10(14)11(15)12-8(9)7-16-4-5-17-12/h6,16H,4-5,7H2,1-3H3. The van der Waals surface area contributed by atoms with Crippen molar-refractivity contribution >= 4 is 11.6 Å². The van der Waals surface area contributed by atoms with E-state index in [1.54, 1.807) is 6.07 Å². The average molecular weight is 258 g/mol. The van der Waals surface area contributed by atoms with E-state index in [1.165, 1.54) is 0 Å². The third-order valence-corrected chi connectivity index (χ3v) is 3.19. The zero-order valence-corrected chi connectivity index (χ0v) is 11.1. The lowest BCUT2D eigenvalue weighted by atomic mass is 9.83. The molecule has 94 valence electrons. The fraction of sp³-hybridized carbons (Fsp3) is 0.538. The van der Waals surface area contributed by atoms with Gasteiger partial charge in [-0.2, -0.15) is 0 Å². The number of halogens is 2. The molecule has 17 heavy (non-hydrogen) atoms. The van der Waals surface area contributed by atoms with Crippen molar-refractivity contribution in [2.24, 2.45) is 0 Å². The molecule has 1 aromatic rings. The molecule has 0 saturated heterocycles. The van der Waals surface area contributed by atoms with Gasteiger partial charge in [0.2, 0.25) is 0 Å². The Hall–Kier alpha value is -0.800. The Morgan fingerprint density at radius 3 is 2.76 bits per heavy atom. The van der Waals surface area contributed by atoms with Crippen molar-refractivity contribution < 1.29 is 9.13 Å². The molecular weight excluding hydrogens is 241 g/mol. The Morgan fingerprint density at radius 2 is 2.12 bits per heavy atom. The van der Waals surface area contributed by atoms with Crippen LogP contribution >= 0.6 is 11.6 Å². The predicted molar refractivity (Wildman–Crippen MR) is 67.3 cm³/mol. The third kappa shape index (κ3) is 2.40. The molecule has 1 heterocycles. The largest absolute Gasteiger partial charge is 0.489 e. The van der Waals surface area contributed by atoms with E-state index in [9.17, 15) is 4.39 Å². The topological polar surface area (TPSA) is 21.3 Å². The number of rotatable bonds is 0. The zero-order valence-electron chi connectivity index (χ0n) is 10.4. The van der Waals surface area contributed by atoms with Crippen LogP contribution in [-0.2, 0) is 12.0 Å². The summed E-state index contributed by atoms with van der Waals surface area (Å²) in [6, 6.07) is 1.71.